The minimum Gasteiger partial charge on any atom is -0.285 e. The Kier molecular flexibility index (Phi) is 1.47. The summed E-state index contributed by atoms with van der Waals surface area (Å²) in [6.45, 7) is 1.96. The van der Waals surface area contributed by atoms with E-state index in [4.69, 9.17) is 0 Å². The summed E-state index contributed by atoms with van der Waals surface area (Å²) < 4.78 is 1.16. The largest absolute Gasteiger partial charge is 0.285 e. The number of hydrogen-bond donors (Lipinski definition) is 1. The van der Waals surface area contributed by atoms with E-state index in [0.29, 0.717) is 0 Å². The molecule has 0 aliphatic rings. The Morgan fingerprint density at radius 2 is 2.00 bits per heavy atom. The Morgan fingerprint density at radius 3 is 2.83 bits per heavy atom. The summed E-state index contributed by atoms with van der Waals surface area (Å²) in [6, 6.07) is 9.78. The summed E-state index contributed by atoms with van der Waals surface area (Å²) >= 11 is 0. The first-order valence-corrected chi connectivity index (χ1v) is 3.88. The highest BCUT2D eigenvalue weighted by Gasteiger charge is 2.06. The molecule has 1 heterocycles. The first-order chi connectivity index (χ1) is 5.77. The minimum absolute atomic E-state index is 0.836. The molecule has 12 heavy (non-hydrogen) atoms. The van der Waals surface area contributed by atoms with Crippen molar-refractivity contribution in [1.82, 2.24) is 0 Å². The Bertz CT molecular complexity index is 423. The minimum atomic E-state index is 0.836. The molecular formula is C10H10NO+. The van der Waals surface area contributed by atoms with Gasteiger partial charge in [0.05, 0.1) is 5.39 Å². The van der Waals surface area contributed by atoms with E-state index in [9.17, 15) is 5.21 Å². The number of pyridine rings is 1. The van der Waals surface area contributed by atoms with Gasteiger partial charge in [0.15, 0.2) is 0 Å². The van der Waals surface area contributed by atoms with E-state index in [-0.39, 0.29) is 0 Å². The normalized spacial score (nSPS) is 10.4. The summed E-state index contributed by atoms with van der Waals surface area (Å²) in [4.78, 5) is 0. The van der Waals surface area contributed by atoms with E-state index in [1.54, 1.807) is 6.20 Å². The van der Waals surface area contributed by atoms with Crippen LogP contribution < -0.4 is 4.73 Å². The number of para-hydroxylation sites is 1. The van der Waals surface area contributed by atoms with Gasteiger partial charge in [0.25, 0.3) is 5.52 Å². The molecule has 2 heteroatoms. The Balaban J connectivity index is 2.89. The van der Waals surface area contributed by atoms with Crippen LogP contribution in [-0.4, -0.2) is 5.21 Å². The number of rotatable bonds is 0. The maximum absolute atomic E-state index is 9.47. The van der Waals surface area contributed by atoms with Crippen LogP contribution in [0, 0.1) is 6.92 Å². The quantitative estimate of drug-likeness (QED) is 0.460. The van der Waals surface area contributed by atoms with Crippen molar-refractivity contribution in [2.75, 3.05) is 0 Å². The summed E-state index contributed by atoms with van der Waals surface area (Å²) in [5.74, 6) is 0. The van der Waals surface area contributed by atoms with Crippen LogP contribution in [0.25, 0.3) is 10.9 Å². The van der Waals surface area contributed by atoms with Crippen LogP contribution in [-0.2, 0) is 0 Å². The van der Waals surface area contributed by atoms with Crippen LogP contribution in [0.3, 0.4) is 0 Å². The van der Waals surface area contributed by atoms with E-state index >= 15 is 0 Å². The highest BCUT2D eigenvalue weighted by molar-refractivity contribution is 5.75. The zero-order valence-corrected chi connectivity index (χ0v) is 6.86. The van der Waals surface area contributed by atoms with Crippen molar-refractivity contribution in [3.8, 4) is 0 Å². The Morgan fingerprint density at radius 1 is 1.25 bits per heavy atom. The second-order valence-corrected chi connectivity index (χ2v) is 2.92. The fourth-order valence-corrected chi connectivity index (χ4v) is 1.36. The maximum atomic E-state index is 9.47. The molecule has 0 spiro atoms. The fraction of sp³-hybridized carbons (Fsp3) is 0.100. The third-order valence-electron chi connectivity index (χ3n) is 1.89. The highest BCUT2D eigenvalue weighted by Crippen LogP contribution is 2.09. The number of aryl methyl sites for hydroxylation is 1. The monoisotopic (exact) mass is 160 g/mol. The van der Waals surface area contributed by atoms with E-state index in [0.717, 1.165) is 21.2 Å². The van der Waals surface area contributed by atoms with Gasteiger partial charge in [0.2, 0.25) is 6.20 Å². The molecular weight excluding hydrogens is 150 g/mol. The third-order valence-corrected chi connectivity index (χ3v) is 1.89. The lowest BCUT2D eigenvalue weighted by Crippen LogP contribution is -2.30. The van der Waals surface area contributed by atoms with Crippen LogP contribution in [0.4, 0.5) is 0 Å². The van der Waals surface area contributed by atoms with Crippen LogP contribution in [0.1, 0.15) is 5.56 Å². The van der Waals surface area contributed by atoms with E-state index < -0.39 is 0 Å². The molecule has 0 fully saturated rings. The van der Waals surface area contributed by atoms with Crippen molar-refractivity contribution < 1.29 is 9.94 Å². The molecule has 0 bridgehead atoms. The van der Waals surface area contributed by atoms with Gasteiger partial charge in [-0.1, -0.05) is 12.1 Å². The zero-order chi connectivity index (χ0) is 8.55. The van der Waals surface area contributed by atoms with Gasteiger partial charge in [-0.15, -0.1) is 0 Å². The molecule has 0 atom stereocenters. The van der Waals surface area contributed by atoms with Gasteiger partial charge in [-0.05, 0) is 19.1 Å². The topological polar surface area (TPSA) is 24.1 Å². The van der Waals surface area contributed by atoms with Gasteiger partial charge in [-0.25, -0.2) is 0 Å². The average molecular weight is 160 g/mol. The van der Waals surface area contributed by atoms with Gasteiger partial charge in [-0.2, -0.15) is 0 Å². The van der Waals surface area contributed by atoms with E-state index in [1.165, 1.54) is 0 Å². The molecule has 0 saturated heterocycles. The average Bonchev–Trinajstić information content (AvgIpc) is 2.04. The molecule has 0 aliphatic carbocycles. The SMILES string of the molecule is Cc1cc2ccccc2[n+](O)c1. The van der Waals surface area contributed by atoms with Crippen molar-refractivity contribution in [3.63, 3.8) is 0 Å². The first kappa shape index (κ1) is 7.10. The summed E-state index contributed by atoms with van der Waals surface area (Å²) in [6.07, 6.45) is 1.70. The number of nitrogens with zero attached hydrogens (tertiary/aromatic N) is 1. The van der Waals surface area contributed by atoms with Gasteiger partial charge in [0.1, 0.15) is 0 Å². The highest BCUT2D eigenvalue weighted by atomic mass is 16.5. The standard InChI is InChI=1S/C10H10NO/c1-8-6-9-4-2-3-5-10(9)11(12)7-8/h2-7,12H,1H3/q+1. The fourth-order valence-electron chi connectivity index (χ4n) is 1.36. The second-order valence-electron chi connectivity index (χ2n) is 2.92. The smallest absolute Gasteiger partial charge is 0.264 e. The lowest BCUT2D eigenvalue weighted by molar-refractivity contribution is -0.884. The predicted molar refractivity (Wildman–Crippen MR) is 46.1 cm³/mol. The molecule has 60 valence electrons. The van der Waals surface area contributed by atoms with E-state index in [1.807, 2.05) is 37.3 Å². The van der Waals surface area contributed by atoms with Crippen LogP contribution in [0.5, 0.6) is 0 Å². The molecule has 2 rings (SSSR count). The molecule has 2 aromatic rings. The van der Waals surface area contributed by atoms with Gasteiger partial charge in [-0.3, -0.25) is 5.21 Å². The van der Waals surface area contributed by atoms with Crippen molar-refractivity contribution in [2.24, 2.45) is 0 Å². The van der Waals surface area contributed by atoms with Crippen molar-refractivity contribution in [3.05, 3.63) is 42.1 Å². The molecule has 0 saturated carbocycles. The van der Waals surface area contributed by atoms with Crippen molar-refractivity contribution >= 4 is 10.9 Å². The van der Waals surface area contributed by atoms with Gasteiger partial charge >= 0.3 is 0 Å². The van der Waals surface area contributed by atoms with E-state index in [2.05, 4.69) is 0 Å². The Hall–Kier alpha value is -1.57. The number of benzene rings is 1. The van der Waals surface area contributed by atoms with Crippen LogP contribution in [0.2, 0.25) is 0 Å². The molecule has 0 unspecified atom stereocenters. The predicted octanol–water partition coefficient (Wildman–Crippen LogP) is 1.67. The summed E-state index contributed by atoms with van der Waals surface area (Å²) in [7, 11) is 0. The van der Waals surface area contributed by atoms with Crippen LogP contribution >= 0.6 is 0 Å². The maximum Gasteiger partial charge on any atom is 0.264 e. The second kappa shape index (κ2) is 2.48. The summed E-state index contributed by atoms with van der Waals surface area (Å²) in [5, 5.41) is 10.5. The molecule has 0 radical (unpaired) electrons. The first-order valence-electron chi connectivity index (χ1n) is 3.88. The molecule has 0 amide bonds. The molecule has 1 aromatic carbocycles. The molecule has 2 nitrogen and oxygen atoms in total. The van der Waals surface area contributed by atoms with Crippen molar-refractivity contribution in [2.45, 2.75) is 6.92 Å². The number of hydrogen-bond acceptors (Lipinski definition) is 1. The zero-order valence-electron chi connectivity index (χ0n) is 6.86. The third kappa shape index (κ3) is 1.01. The van der Waals surface area contributed by atoms with Crippen LogP contribution in [0.15, 0.2) is 36.5 Å². The lowest BCUT2D eigenvalue weighted by Gasteiger charge is -1.93. The van der Waals surface area contributed by atoms with Crippen molar-refractivity contribution in [1.29, 1.82) is 0 Å². The molecule has 1 N–H and O–H groups in total. The number of aromatic nitrogens is 1. The molecule has 1 aromatic heterocycles. The Labute approximate surface area is 70.7 Å². The van der Waals surface area contributed by atoms with Gasteiger partial charge < -0.3 is 0 Å². The lowest BCUT2D eigenvalue weighted by atomic mass is 10.2. The summed E-state index contributed by atoms with van der Waals surface area (Å²) in [5.41, 5.74) is 1.89. The van der Waals surface area contributed by atoms with Gasteiger partial charge in [0, 0.05) is 16.4 Å². The number of fused-ring (bicyclic) bond motifs is 1. The molecule has 0 aliphatic heterocycles.